The molecular formula is C12H24N2. The van der Waals surface area contributed by atoms with Gasteiger partial charge in [-0.1, -0.05) is 6.92 Å². The van der Waals surface area contributed by atoms with Crippen molar-refractivity contribution in [1.29, 1.82) is 0 Å². The first-order valence-corrected chi connectivity index (χ1v) is 6.15. The highest BCUT2D eigenvalue weighted by Crippen LogP contribution is 2.21. The average Bonchev–Trinajstić information content (AvgIpc) is 2.72. The molecule has 0 saturated carbocycles. The minimum atomic E-state index is 0.946. The molecule has 2 fully saturated rings. The van der Waals surface area contributed by atoms with Crippen LogP contribution in [0.15, 0.2) is 0 Å². The van der Waals surface area contributed by atoms with Crippen LogP contribution in [0.25, 0.3) is 0 Å². The molecule has 2 nitrogen and oxygen atoms in total. The van der Waals surface area contributed by atoms with E-state index in [1.165, 1.54) is 52.0 Å². The molecule has 0 N–H and O–H groups in total. The zero-order valence-electron chi connectivity index (χ0n) is 9.71. The maximum Gasteiger partial charge on any atom is 0.000756 e. The van der Waals surface area contributed by atoms with Crippen LogP contribution in [-0.4, -0.2) is 49.6 Å². The molecule has 2 heteroatoms. The van der Waals surface area contributed by atoms with E-state index in [1.807, 2.05) is 0 Å². The van der Waals surface area contributed by atoms with Gasteiger partial charge in [0, 0.05) is 13.1 Å². The molecule has 0 radical (unpaired) electrons. The Balaban J connectivity index is 1.63. The van der Waals surface area contributed by atoms with Gasteiger partial charge in [0.05, 0.1) is 0 Å². The van der Waals surface area contributed by atoms with Crippen molar-refractivity contribution in [2.45, 2.75) is 26.2 Å². The number of rotatable bonds is 3. The predicted octanol–water partition coefficient (Wildman–Crippen LogP) is 1.67. The van der Waals surface area contributed by atoms with Crippen LogP contribution in [0, 0.1) is 11.8 Å². The maximum absolute atomic E-state index is 2.66. The van der Waals surface area contributed by atoms with E-state index in [1.54, 1.807) is 0 Å². The molecule has 2 aliphatic rings. The normalized spacial score (nSPS) is 35.6. The molecule has 0 bridgehead atoms. The number of likely N-dealkylation sites (tertiary alicyclic amines) is 2. The molecule has 0 aromatic carbocycles. The first kappa shape index (κ1) is 10.4. The van der Waals surface area contributed by atoms with Gasteiger partial charge in [0.2, 0.25) is 0 Å². The third-order valence-electron chi connectivity index (χ3n) is 3.85. The molecule has 0 amide bonds. The van der Waals surface area contributed by atoms with Crippen molar-refractivity contribution in [2.24, 2.45) is 11.8 Å². The van der Waals surface area contributed by atoms with Crippen LogP contribution < -0.4 is 0 Å². The highest BCUT2D eigenvalue weighted by molar-refractivity contribution is 4.77. The summed E-state index contributed by atoms with van der Waals surface area (Å²) in [6.07, 6.45) is 4.28. The van der Waals surface area contributed by atoms with Crippen molar-refractivity contribution >= 4 is 0 Å². The van der Waals surface area contributed by atoms with Gasteiger partial charge in [0.25, 0.3) is 0 Å². The quantitative estimate of drug-likeness (QED) is 0.677. The third-order valence-corrected chi connectivity index (χ3v) is 3.85. The Kier molecular flexibility index (Phi) is 3.45. The summed E-state index contributed by atoms with van der Waals surface area (Å²) in [4.78, 5) is 5.13. The van der Waals surface area contributed by atoms with Crippen LogP contribution in [0.2, 0.25) is 0 Å². The van der Waals surface area contributed by atoms with Crippen molar-refractivity contribution in [3.8, 4) is 0 Å². The van der Waals surface area contributed by atoms with Crippen LogP contribution in [0.4, 0.5) is 0 Å². The van der Waals surface area contributed by atoms with Gasteiger partial charge in [-0.3, -0.25) is 0 Å². The Morgan fingerprint density at radius 3 is 2.57 bits per heavy atom. The van der Waals surface area contributed by atoms with Gasteiger partial charge in [-0.15, -0.1) is 0 Å². The Morgan fingerprint density at radius 1 is 1.14 bits per heavy atom. The van der Waals surface area contributed by atoms with Gasteiger partial charge >= 0.3 is 0 Å². The maximum atomic E-state index is 2.66. The van der Waals surface area contributed by atoms with Gasteiger partial charge < -0.3 is 9.80 Å². The Bertz CT molecular complexity index is 161. The van der Waals surface area contributed by atoms with E-state index < -0.39 is 0 Å². The topological polar surface area (TPSA) is 6.48 Å². The molecule has 0 aromatic heterocycles. The smallest absolute Gasteiger partial charge is 0.000756 e. The summed E-state index contributed by atoms with van der Waals surface area (Å²) < 4.78 is 0. The molecule has 14 heavy (non-hydrogen) atoms. The monoisotopic (exact) mass is 196 g/mol. The highest BCUT2D eigenvalue weighted by Gasteiger charge is 2.22. The molecule has 82 valence electrons. The second-order valence-corrected chi connectivity index (χ2v) is 5.40. The lowest BCUT2D eigenvalue weighted by Gasteiger charge is -2.17. The average molecular weight is 196 g/mol. The molecule has 0 aliphatic carbocycles. The second kappa shape index (κ2) is 4.63. The summed E-state index contributed by atoms with van der Waals surface area (Å²) in [5, 5.41) is 0. The Morgan fingerprint density at radius 2 is 2.00 bits per heavy atom. The third kappa shape index (κ3) is 2.71. The number of nitrogens with zero attached hydrogens (tertiary/aromatic N) is 2. The fourth-order valence-corrected chi connectivity index (χ4v) is 2.86. The van der Waals surface area contributed by atoms with Gasteiger partial charge in [0.1, 0.15) is 0 Å². The van der Waals surface area contributed by atoms with Crippen molar-refractivity contribution in [3.63, 3.8) is 0 Å². The molecule has 0 unspecified atom stereocenters. The molecular weight excluding hydrogens is 172 g/mol. The molecule has 2 heterocycles. The Hall–Kier alpha value is -0.0800. The van der Waals surface area contributed by atoms with Crippen molar-refractivity contribution < 1.29 is 0 Å². The summed E-state index contributed by atoms with van der Waals surface area (Å²) in [5.74, 6) is 1.93. The standard InChI is InChI=1S/C12H24N2/c1-11-3-7-14(9-11)8-5-12-4-6-13(2)10-12/h11-12H,3-10H2,1-2H3/t11-,12-/m1/s1. The summed E-state index contributed by atoms with van der Waals surface area (Å²) in [5.41, 5.74) is 0. The van der Waals surface area contributed by atoms with Crippen molar-refractivity contribution in [2.75, 3.05) is 39.8 Å². The largest absolute Gasteiger partial charge is 0.306 e. The van der Waals surface area contributed by atoms with Crippen LogP contribution in [0.3, 0.4) is 0 Å². The molecule has 2 atom stereocenters. The van der Waals surface area contributed by atoms with Crippen LogP contribution in [-0.2, 0) is 0 Å². The van der Waals surface area contributed by atoms with E-state index in [9.17, 15) is 0 Å². The molecule has 2 saturated heterocycles. The zero-order chi connectivity index (χ0) is 9.97. The minimum Gasteiger partial charge on any atom is -0.306 e. The van der Waals surface area contributed by atoms with Gasteiger partial charge in [-0.25, -0.2) is 0 Å². The van der Waals surface area contributed by atoms with Gasteiger partial charge in [0.15, 0.2) is 0 Å². The van der Waals surface area contributed by atoms with E-state index in [4.69, 9.17) is 0 Å². The second-order valence-electron chi connectivity index (χ2n) is 5.40. The SMILES string of the molecule is C[C@@H]1CCN(CC[C@H]2CCN(C)C2)C1. The summed E-state index contributed by atoms with van der Waals surface area (Å²) in [6, 6.07) is 0. The Labute approximate surface area is 88.3 Å². The van der Waals surface area contributed by atoms with Crippen molar-refractivity contribution in [1.82, 2.24) is 9.80 Å². The summed E-state index contributed by atoms with van der Waals surface area (Å²) >= 11 is 0. The van der Waals surface area contributed by atoms with E-state index in [0.29, 0.717) is 0 Å². The molecule has 2 aliphatic heterocycles. The fourth-order valence-electron chi connectivity index (χ4n) is 2.86. The lowest BCUT2D eigenvalue weighted by Crippen LogP contribution is -2.24. The number of hydrogen-bond acceptors (Lipinski definition) is 2. The predicted molar refractivity (Wildman–Crippen MR) is 60.4 cm³/mol. The van der Waals surface area contributed by atoms with Crippen LogP contribution >= 0.6 is 0 Å². The van der Waals surface area contributed by atoms with E-state index in [0.717, 1.165) is 11.8 Å². The first-order chi connectivity index (χ1) is 6.74. The lowest BCUT2D eigenvalue weighted by atomic mass is 10.1. The minimum absolute atomic E-state index is 0.946. The van der Waals surface area contributed by atoms with E-state index in [-0.39, 0.29) is 0 Å². The summed E-state index contributed by atoms with van der Waals surface area (Å²) in [7, 11) is 2.25. The fraction of sp³-hybridized carbons (Fsp3) is 1.00. The zero-order valence-corrected chi connectivity index (χ0v) is 9.71. The summed E-state index contributed by atoms with van der Waals surface area (Å²) in [6.45, 7) is 9.09. The van der Waals surface area contributed by atoms with Crippen molar-refractivity contribution in [3.05, 3.63) is 0 Å². The highest BCUT2D eigenvalue weighted by atomic mass is 15.1. The van der Waals surface area contributed by atoms with E-state index in [2.05, 4.69) is 23.8 Å². The van der Waals surface area contributed by atoms with E-state index >= 15 is 0 Å². The van der Waals surface area contributed by atoms with Gasteiger partial charge in [-0.2, -0.15) is 0 Å². The molecule has 0 spiro atoms. The lowest BCUT2D eigenvalue weighted by molar-refractivity contribution is 0.291. The molecule has 2 rings (SSSR count). The van der Waals surface area contributed by atoms with Gasteiger partial charge in [-0.05, 0) is 57.8 Å². The van der Waals surface area contributed by atoms with Crippen LogP contribution in [0.1, 0.15) is 26.2 Å². The first-order valence-electron chi connectivity index (χ1n) is 6.15. The molecule has 0 aromatic rings. The van der Waals surface area contributed by atoms with Crippen LogP contribution in [0.5, 0.6) is 0 Å². The number of hydrogen-bond donors (Lipinski definition) is 0.